The monoisotopic (exact) mass is 890 g/mol. The van der Waals surface area contributed by atoms with Crippen LogP contribution < -0.4 is 10.1 Å². The van der Waals surface area contributed by atoms with Crippen molar-refractivity contribution in [2.45, 2.75) is 141 Å². The summed E-state index contributed by atoms with van der Waals surface area (Å²) < 4.78 is 25.2. The average Bonchev–Trinajstić information content (AvgIpc) is 3.45. The third-order valence-electron chi connectivity index (χ3n) is 14.4. The fourth-order valence-corrected chi connectivity index (χ4v) is 9.99. The predicted molar refractivity (Wildman–Crippen MR) is 249 cm³/mol. The number of rotatable bonds is 30. The van der Waals surface area contributed by atoms with E-state index in [0.29, 0.717) is 54.5 Å². The van der Waals surface area contributed by atoms with Gasteiger partial charge in [0.1, 0.15) is 30.9 Å². The molecule has 0 radical (unpaired) electrons. The minimum atomic E-state index is -0.760. The number of benzene rings is 3. The van der Waals surface area contributed by atoms with Crippen LogP contribution in [0.3, 0.4) is 0 Å². The summed E-state index contributed by atoms with van der Waals surface area (Å²) >= 11 is 0. The number of aryl methyl sites for hydroxylation is 1. The lowest BCUT2D eigenvalue weighted by Crippen LogP contribution is -2.62. The molecule has 0 aliphatic carbocycles. The van der Waals surface area contributed by atoms with Crippen LogP contribution in [0.15, 0.2) is 78.9 Å². The molecule has 354 valence electrons. The Morgan fingerprint density at radius 1 is 0.844 bits per heavy atom. The van der Waals surface area contributed by atoms with E-state index in [0.717, 1.165) is 112 Å². The van der Waals surface area contributed by atoms with Gasteiger partial charge in [0.25, 0.3) is 0 Å². The summed E-state index contributed by atoms with van der Waals surface area (Å²) in [7, 11) is 2.36. The molecule has 2 aliphatic rings. The second kappa shape index (κ2) is 26.3. The largest absolute Gasteiger partial charge is 0.464 e. The zero-order valence-corrected chi connectivity index (χ0v) is 39.5. The van der Waals surface area contributed by atoms with Crippen LogP contribution in [0.1, 0.15) is 126 Å². The molecule has 0 amide bonds. The Hall–Kier alpha value is -3.88. The van der Waals surface area contributed by atoms with Crippen molar-refractivity contribution >= 4 is 11.9 Å². The number of fused-ring (bicyclic) bond motifs is 2. The van der Waals surface area contributed by atoms with Crippen LogP contribution in [0.4, 0.5) is 0 Å². The molecule has 3 aromatic rings. The van der Waals surface area contributed by atoms with Crippen LogP contribution >= 0.6 is 0 Å². The van der Waals surface area contributed by atoms with Crippen LogP contribution in [0.25, 0.3) is 0 Å². The fourth-order valence-electron chi connectivity index (χ4n) is 9.99. The Morgan fingerprint density at radius 2 is 1.50 bits per heavy atom. The lowest BCUT2D eigenvalue weighted by molar-refractivity contribution is -0.968. The number of aliphatic hydroxyl groups is 1. The Bertz CT molecular complexity index is 1790. The van der Waals surface area contributed by atoms with Crippen LogP contribution in [0, 0.1) is 0 Å². The molecule has 3 aromatic carbocycles. The van der Waals surface area contributed by atoms with Gasteiger partial charge in [-0.05, 0) is 95.2 Å². The number of ether oxygens (including phenoxy) is 4. The van der Waals surface area contributed by atoms with Crippen molar-refractivity contribution in [3.05, 3.63) is 101 Å². The van der Waals surface area contributed by atoms with Crippen molar-refractivity contribution in [2.75, 3.05) is 66.4 Å². The number of carbonyl (C=O) groups excluding carboxylic acids is 2. The van der Waals surface area contributed by atoms with E-state index in [2.05, 4.69) is 61.4 Å². The minimum absolute atomic E-state index is 0.0619. The molecule has 2 saturated heterocycles. The first-order valence-electron chi connectivity index (χ1n) is 24.2. The highest BCUT2D eigenvalue weighted by atomic mass is 17.1. The molecule has 0 aromatic heterocycles. The van der Waals surface area contributed by atoms with Gasteiger partial charge in [0.2, 0.25) is 6.79 Å². The van der Waals surface area contributed by atoms with Crippen molar-refractivity contribution in [1.29, 1.82) is 0 Å². The smallest absolute Gasteiger partial charge is 0.361 e. The number of likely N-dealkylation sites (N-methyl/N-ethyl adjacent to an activating group) is 1. The number of piperidine rings is 1. The Morgan fingerprint density at radius 3 is 2.16 bits per heavy atom. The first kappa shape index (κ1) is 51.1. The van der Waals surface area contributed by atoms with Crippen LogP contribution in [0.5, 0.6) is 5.75 Å². The van der Waals surface area contributed by atoms with Crippen molar-refractivity contribution < 1.29 is 52.8 Å². The number of hydrogen-bond acceptors (Lipinski definition) is 10. The standard InChI is InChI=1S/C52H78N3O9/c1-6-55(7-2,37-51(57)61-38-48(42-23-14-11-15-24-42)52(58)64-47-33-45-26-27-46(34-47)54(45,5)40(3)4)36-44-32-43(25-28-50(44)62-39-63-59)49(56)35-53-29-17-8-9-18-30-60-31-19-16-22-41-20-12-10-13-21-41/h10-15,20-21,23-25,28,32,40,45-49,53,56H,6-9,16-19,22,26-27,29-31,33-39H2,1-5H3/q+1/p+1. The molecule has 2 fully saturated rings. The van der Waals surface area contributed by atoms with Gasteiger partial charge in [0.05, 0.1) is 44.4 Å². The molecule has 3 N–H and O–H groups in total. The summed E-state index contributed by atoms with van der Waals surface area (Å²) in [5, 5.41) is 23.7. The maximum absolute atomic E-state index is 13.9. The number of nitrogens with zero attached hydrogens (tertiary/aromatic N) is 2. The maximum atomic E-state index is 13.9. The SMILES string of the molecule is CC[N+](CC)(CC(=O)OCC(C(=O)OC1CC2CCC(C1)[N+]2(C)C(C)C)c1ccccc1)Cc1cc(C(O)CNCCCCCCOCCCCc2ccccc2)ccc1OCOO. The first-order chi connectivity index (χ1) is 31.0. The van der Waals surface area contributed by atoms with Crippen molar-refractivity contribution in [2.24, 2.45) is 0 Å². The van der Waals surface area contributed by atoms with Gasteiger partial charge in [-0.3, -0.25) is 4.79 Å². The van der Waals surface area contributed by atoms with E-state index in [1.54, 1.807) is 6.07 Å². The molecule has 64 heavy (non-hydrogen) atoms. The number of carbonyl (C=O) groups is 2. The van der Waals surface area contributed by atoms with Gasteiger partial charge in [0, 0.05) is 51.0 Å². The lowest BCUT2D eigenvalue weighted by Gasteiger charge is -2.49. The summed E-state index contributed by atoms with van der Waals surface area (Å²) in [5.74, 6) is -1.02. The molecule has 4 atom stereocenters. The van der Waals surface area contributed by atoms with E-state index in [1.165, 1.54) is 5.56 Å². The number of unbranched alkanes of at least 4 members (excludes halogenated alkanes) is 4. The van der Waals surface area contributed by atoms with Crippen LogP contribution in [0.2, 0.25) is 0 Å². The van der Waals surface area contributed by atoms with Crippen molar-refractivity contribution in [1.82, 2.24) is 5.32 Å². The van der Waals surface area contributed by atoms with Crippen molar-refractivity contribution in [3.63, 3.8) is 0 Å². The molecule has 2 heterocycles. The highest BCUT2D eigenvalue weighted by molar-refractivity contribution is 5.79. The van der Waals surface area contributed by atoms with E-state index in [1.807, 2.05) is 56.3 Å². The van der Waals surface area contributed by atoms with Crippen LogP contribution in [-0.4, -0.2) is 122 Å². The lowest BCUT2D eigenvalue weighted by atomic mass is 9.94. The predicted octanol–water partition coefficient (Wildman–Crippen LogP) is 8.51. The maximum Gasteiger partial charge on any atom is 0.361 e. The number of nitrogens with one attached hydrogen (secondary N) is 1. The third kappa shape index (κ3) is 14.8. The molecule has 2 bridgehead atoms. The fraction of sp³-hybridized carbons (Fsp3) is 0.615. The van der Waals surface area contributed by atoms with E-state index >= 15 is 0 Å². The van der Waals surface area contributed by atoms with Crippen LogP contribution in [-0.2, 0) is 41.7 Å². The van der Waals surface area contributed by atoms with Gasteiger partial charge in [0.15, 0.2) is 6.54 Å². The van der Waals surface area contributed by atoms with E-state index in [9.17, 15) is 14.7 Å². The molecule has 12 nitrogen and oxygen atoms in total. The topological polar surface area (TPSA) is 133 Å². The number of quaternary nitrogens is 2. The summed E-state index contributed by atoms with van der Waals surface area (Å²) in [6, 6.07) is 27.0. The third-order valence-corrected chi connectivity index (χ3v) is 14.4. The molecule has 4 unspecified atom stereocenters. The Balaban J connectivity index is 1.09. The van der Waals surface area contributed by atoms with Gasteiger partial charge >= 0.3 is 11.9 Å². The zero-order valence-electron chi connectivity index (χ0n) is 39.5. The summed E-state index contributed by atoms with van der Waals surface area (Å²) in [5.41, 5.74) is 3.63. The van der Waals surface area contributed by atoms with Gasteiger partial charge in [-0.25, -0.2) is 10.1 Å². The molecular weight excluding hydrogens is 811 g/mol. The summed E-state index contributed by atoms with van der Waals surface area (Å²) in [4.78, 5) is 32.0. The average molecular weight is 890 g/mol. The molecule has 2 aliphatic heterocycles. The molecule has 12 heteroatoms. The molecule has 0 spiro atoms. The molecule has 5 rings (SSSR count). The summed E-state index contributed by atoms with van der Waals surface area (Å²) in [6.45, 7) is 12.6. The summed E-state index contributed by atoms with van der Waals surface area (Å²) in [6.07, 6.45) is 10.7. The van der Waals surface area contributed by atoms with Gasteiger partial charge < -0.3 is 38.3 Å². The number of hydrogen-bond donors (Lipinski definition) is 3. The zero-order chi connectivity index (χ0) is 45.8. The molecular formula is C52H79N3O9+2. The second-order valence-electron chi connectivity index (χ2n) is 18.6. The highest BCUT2D eigenvalue weighted by Gasteiger charge is 2.54. The Labute approximate surface area is 383 Å². The van der Waals surface area contributed by atoms with E-state index in [4.69, 9.17) is 24.2 Å². The van der Waals surface area contributed by atoms with Gasteiger partial charge in [-0.15, -0.1) is 0 Å². The van der Waals surface area contributed by atoms with E-state index < -0.39 is 18.0 Å². The van der Waals surface area contributed by atoms with Crippen molar-refractivity contribution in [3.8, 4) is 5.75 Å². The Kier molecular flexibility index (Phi) is 21.0. The quantitative estimate of drug-likeness (QED) is 0.0150. The highest BCUT2D eigenvalue weighted by Crippen LogP contribution is 2.44. The second-order valence-corrected chi connectivity index (χ2v) is 18.6. The normalized spacial score (nSPS) is 20.5. The first-order valence-corrected chi connectivity index (χ1v) is 24.2. The van der Waals surface area contributed by atoms with E-state index in [-0.39, 0.29) is 32.0 Å². The minimum Gasteiger partial charge on any atom is -0.464 e. The number of aliphatic hydroxyl groups excluding tert-OH is 1. The number of esters is 2. The van der Waals surface area contributed by atoms with Gasteiger partial charge in [-0.2, -0.15) is 4.89 Å². The molecule has 0 saturated carbocycles. The van der Waals surface area contributed by atoms with Gasteiger partial charge in [-0.1, -0.05) is 79.6 Å².